The zero-order chi connectivity index (χ0) is 23.5. The summed E-state index contributed by atoms with van der Waals surface area (Å²) in [4.78, 5) is 23.8. The molecule has 0 saturated carbocycles. The second kappa shape index (κ2) is 9.66. The molecule has 1 fully saturated rings. The number of rotatable bonds is 8. The highest BCUT2D eigenvalue weighted by atomic mass is 32.2. The molecule has 1 saturated heterocycles. The summed E-state index contributed by atoms with van der Waals surface area (Å²) in [5, 5.41) is 12.1. The number of nitrogens with zero attached hydrogens (tertiary/aromatic N) is 2. The number of benzene rings is 2. The molecule has 0 spiro atoms. The largest absolute Gasteiger partial charge is 0.497 e. The number of ether oxygens (including phenoxy) is 2. The highest BCUT2D eigenvalue weighted by Crippen LogP contribution is 2.42. The van der Waals surface area contributed by atoms with Crippen LogP contribution in [0.5, 0.6) is 5.75 Å². The van der Waals surface area contributed by atoms with Crippen molar-refractivity contribution in [3.05, 3.63) is 69.8 Å². The van der Waals surface area contributed by atoms with Crippen LogP contribution in [0.1, 0.15) is 30.5 Å². The Balaban J connectivity index is 2.09. The van der Waals surface area contributed by atoms with Gasteiger partial charge in [0, 0.05) is 11.5 Å². The van der Waals surface area contributed by atoms with Crippen molar-refractivity contribution in [1.82, 2.24) is 4.31 Å². The van der Waals surface area contributed by atoms with E-state index in [-0.39, 0.29) is 24.5 Å². The average Bonchev–Trinajstić information content (AvgIpc) is 3.14. The highest BCUT2D eigenvalue weighted by molar-refractivity contribution is 7.89. The molecule has 0 amide bonds. The lowest BCUT2D eigenvalue weighted by atomic mass is 9.92. The number of aryl methyl sites for hydroxylation is 1. The first-order valence-corrected chi connectivity index (χ1v) is 11.6. The van der Waals surface area contributed by atoms with Crippen LogP contribution in [0.25, 0.3) is 0 Å². The third-order valence-corrected chi connectivity index (χ3v) is 7.46. The molecule has 10 heteroatoms. The fraction of sp³-hybridized carbons (Fsp3) is 0.409. The number of nitro groups is 1. The minimum atomic E-state index is -4.07. The number of hydrogen-bond donors (Lipinski definition) is 0. The van der Waals surface area contributed by atoms with E-state index in [1.54, 1.807) is 43.3 Å². The monoisotopic (exact) mass is 462 g/mol. The molecular formula is C22H26N2O7S. The Morgan fingerprint density at radius 1 is 1.16 bits per heavy atom. The van der Waals surface area contributed by atoms with Gasteiger partial charge in [0.15, 0.2) is 0 Å². The number of methoxy groups -OCH3 is 1. The van der Waals surface area contributed by atoms with Gasteiger partial charge in [0.05, 0.1) is 31.0 Å². The number of carbonyl (C=O) groups is 1. The van der Waals surface area contributed by atoms with Crippen molar-refractivity contribution in [2.45, 2.75) is 37.2 Å². The number of carbonyl (C=O) groups excluding carboxylic acids is 1. The SMILES string of the molecule is CCOC(=O)C[C@@H]1CN(S(=O)(=O)c2ccc(C)cc2)[C@H](c2ccc(OC)cc2)[C@H]1[N+](=O)[O-]. The van der Waals surface area contributed by atoms with Gasteiger partial charge in [-0.3, -0.25) is 14.9 Å². The van der Waals surface area contributed by atoms with Gasteiger partial charge in [-0.25, -0.2) is 8.42 Å². The van der Waals surface area contributed by atoms with Crippen LogP contribution in [0, 0.1) is 23.0 Å². The maximum Gasteiger partial charge on any atom is 0.306 e. The summed E-state index contributed by atoms with van der Waals surface area (Å²) in [5.74, 6) is -0.885. The third kappa shape index (κ3) is 4.76. The van der Waals surface area contributed by atoms with E-state index in [2.05, 4.69) is 0 Å². The summed E-state index contributed by atoms with van der Waals surface area (Å²) in [5.41, 5.74) is 1.34. The quantitative estimate of drug-likeness (QED) is 0.336. The molecule has 2 aromatic rings. The summed E-state index contributed by atoms with van der Waals surface area (Å²) in [6, 6.07) is 10.4. The second-order valence-corrected chi connectivity index (χ2v) is 9.54. The molecule has 0 aromatic heterocycles. The summed E-state index contributed by atoms with van der Waals surface area (Å²) < 4.78 is 38.3. The molecule has 3 atom stereocenters. The molecule has 2 aromatic carbocycles. The van der Waals surface area contributed by atoms with E-state index in [1.165, 1.54) is 19.2 Å². The molecule has 0 N–H and O–H groups in total. The number of esters is 1. The van der Waals surface area contributed by atoms with Gasteiger partial charge in [-0.1, -0.05) is 29.8 Å². The molecule has 0 bridgehead atoms. The number of sulfonamides is 1. The minimum absolute atomic E-state index is 0.0421. The molecular weight excluding hydrogens is 436 g/mol. The lowest BCUT2D eigenvalue weighted by Gasteiger charge is -2.25. The molecule has 0 aliphatic carbocycles. The first-order valence-electron chi connectivity index (χ1n) is 10.2. The lowest BCUT2D eigenvalue weighted by molar-refractivity contribution is -0.532. The highest BCUT2D eigenvalue weighted by Gasteiger charge is 2.55. The predicted molar refractivity (Wildman–Crippen MR) is 116 cm³/mol. The van der Waals surface area contributed by atoms with Gasteiger partial charge in [0.1, 0.15) is 11.8 Å². The maximum atomic E-state index is 13.5. The molecule has 0 radical (unpaired) electrons. The molecule has 1 heterocycles. The summed E-state index contributed by atoms with van der Waals surface area (Å²) in [7, 11) is -2.58. The fourth-order valence-electron chi connectivity index (χ4n) is 4.05. The molecule has 1 aliphatic rings. The van der Waals surface area contributed by atoms with Crippen molar-refractivity contribution in [2.75, 3.05) is 20.3 Å². The molecule has 1 aliphatic heterocycles. The van der Waals surface area contributed by atoms with E-state index in [0.29, 0.717) is 11.3 Å². The molecule has 172 valence electrons. The third-order valence-electron chi connectivity index (χ3n) is 5.59. The van der Waals surface area contributed by atoms with Crippen LogP contribution in [0.2, 0.25) is 0 Å². The maximum absolute atomic E-state index is 13.5. The van der Waals surface area contributed by atoms with Crippen molar-refractivity contribution in [1.29, 1.82) is 0 Å². The first-order chi connectivity index (χ1) is 15.2. The van der Waals surface area contributed by atoms with Crippen LogP contribution in [0.3, 0.4) is 0 Å². The molecule has 9 nitrogen and oxygen atoms in total. The van der Waals surface area contributed by atoms with Crippen LogP contribution in [-0.4, -0.2) is 49.9 Å². The summed E-state index contributed by atoms with van der Waals surface area (Å²) in [6.45, 7) is 3.45. The Bertz CT molecular complexity index is 1070. The van der Waals surface area contributed by atoms with Gasteiger partial charge in [0.2, 0.25) is 16.1 Å². The summed E-state index contributed by atoms with van der Waals surface area (Å²) in [6.07, 6.45) is -0.244. The first kappa shape index (κ1) is 23.7. The van der Waals surface area contributed by atoms with Crippen LogP contribution in [0.15, 0.2) is 53.4 Å². The second-order valence-electron chi connectivity index (χ2n) is 7.65. The zero-order valence-electron chi connectivity index (χ0n) is 18.1. The van der Waals surface area contributed by atoms with E-state index in [4.69, 9.17) is 9.47 Å². The normalized spacial score (nSPS) is 21.3. The Labute approximate surface area is 187 Å². The Hall–Kier alpha value is -2.98. The predicted octanol–water partition coefficient (Wildman–Crippen LogP) is 2.96. The van der Waals surface area contributed by atoms with E-state index in [9.17, 15) is 23.3 Å². The van der Waals surface area contributed by atoms with E-state index >= 15 is 0 Å². The zero-order valence-corrected chi connectivity index (χ0v) is 18.9. The summed E-state index contributed by atoms with van der Waals surface area (Å²) >= 11 is 0. The van der Waals surface area contributed by atoms with E-state index < -0.39 is 38.9 Å². The van der Waals surface area contributed by atoms with Crippen LogP contribution < -0.4 is 4.74 Å². The van der Waals surface area contributed by atoms with Crippen molar-refractivity contribution in [3.8, 4) is 5.75 Å². The smallest absolute Gasteiger partial charge is 0.306 e. The Morgan fingerprint density at radius 2 is 1.78 bits per heavy atom. The van der Waals surface area contributed by atoms with Crippen molar-refractivity contribution < 1.29 is 27.6 Å². The van der Waals surface area contributed by atoms with Crippen molar-refractivity contribution in [2.24, 2.45) is 5.92 Å². The van der Waals surface area contributed by atoms with Crippen LogP contribution in [-0.2, 0) is 19.6 Å². The van der Waals surface area contributed by atoms with Crippen LogP contribution >= 0.6 is 0 Å². The van der Waals surface area contributed by atoms with E-state index in [1.807, 2.05) is 6.92 Å². The molecule has 3 rings (SSSR count). The standard InChI is InChI=1S/C22H26N2O7S/c1-4-31-20(25)13-17-14-23(32(28,29)19-11-5-15(2)6-12-19)21(22(17)24(26)27)16-7-9-18(30-3)10-8-16/h5-12,17,21-22H,4,13-14H2,1-3H3/t17-,21-,22+/m1/s1. The number of hydrogen-bond acceptors (Lipinski definition) is 7. The average molecular weight is 463 g/mol. The topological polar surface area (TPSA) is 116 Å². The minimum Gasteiger partial charge on any atom is -0.497 e. The Kier molecular flexibility index (Phi) is 7.15. The van der Waals surface area contributed by atoms with E-state index in [0.717, 1.165) is 9.87 Å². The molecule has 32 heavy (non-hydrogen) atoms. The van der Waals surface area contributed by atoms with Crippen molar-refractivity contribution in [3.63, 3.8) is 0 Å². The van der Waals surface area contributed by atoms with Gasteiger partial charge in [-0.15, -0.1) is 0 Å². The van der Waals surface area contributed by atoms with Crippen LogP contribution in [0.4, 0.5) is 0 Å². The van der Waals surface area contributed by atoms with Gasteiger partial charge in [-0.05, 0) is 43.7 Å². The van der Waals surface area contributed by atoms with Gasteiger partial charge < -0.3 is 9.47 Å². The fourth-order valence-corrected chi connectivity index (χ4v) is 5.73. The lowest BCUT2D eigenvalue weighted by Crippen LogP contribution is -2.36. The van der Waals surface area contributed by atoms with Gasteiger partial charge in [0.25, 0.3) is 0 Å². The van der Waals surface area contributed by atoms with Crippen molar-refractivity contribution >= 4 is 16.0 Å². The van der Waals surface area contributed by atoms with Gasteiger partial charge in [-0.2, -0.15) is 4.31 Å². The molecule has 0 unspecified atom stereocenters. The van der Waals surface area contributed by atoms with Gasteiger partial charge >= 0.3 is 5.97 Å². The Morgan fingerprint density at radius 3 is 2.31 bits per heavy atom.